The van der Waals surface area contributed by atoms with Crippen LogP contribution in [0.25, 0.3) is 22.6 Å². The van der Waals surface area contributed by atoms with Gasteiger partial charge in [0.25, 0.3) is 0 Å². The van der Waals surface area contributed by atoms with Gasteiger partial charge in [0.05, 0.1) is 11.0 Å². The fourth-order valence-electron chi connectivity index (χ4n) is 4.57. The van der Waals surface area contributed by atoms with Crippen molar-refractivity contribution in [3.63, 3.8) is 0 Å². The van der Waals surface area contributed by atoms with Gasteiger partial charge < -0.3 is 19.7 Å². The van der Waals surface area contributed by atoms with Crippen LogP contribution < -0.4 is 4.90 Å². The van der Waals surface area contributed by atoms with E-state index in [1.807, 2.05) is 49.0 Å². The summed E-state index contributed by atoms with van der Waals surface area (Å²) in [6.45, 7) is 3.89. The van der Waals surface area contributed by atoms with Gasteiger partial charge in [-0.3, -0.25) is 9.48 Å². The molecule has 1 saturated heterocycles. The van der Waals surface area contributed by atoms with Crippen LogP contribution in [0.1, 0.15) is 17.5 Å². The second kappa shape index (κ2) is 9.78. The first-order valence-electron chi connectivity index (χ1n) is 11.8. The first kappa shape index (κ1) is 25.2. The number of rotatable bonds is 6. The van der Waals surface area contributed by atoms with Crippen LogP contribution in [0.3, 0.4) is 0 Å². The molecule has 3 aromatic heterocycles. The van der Waals surface area contributed by atoms with E-state index in [0.29, 0.717) is 47.3 Å². The van der Waals surface area contributed by atoms with Gasteiger partial charge in [0.1, 0.15) is 17.2 Å². The average molecular weight is 533 g/mol. The zero-order valence-corrected chi connectivity index (χ0v) is 21.5. The van der Waals surface area contributed by atoms with Crippen LogP contribution in [0, 0.1) is 0 Å². The molecule has 196 valence electrons. The fraction of sp³-hybridized carbons (Fsp3) is 0.417. The molecule has 13 heteroatoms. The molecule has 1 N–H and O–H groups in total. The molecule has 1 aromatic carbocycles. The molecule has 1 aliphatic heterocycles. The summed E-state index contributed by atoms with van der Waals surface area (Å²) < 4.78 is 42.7. The predicted octanol–water partition coefficient (Wildman–Crippen LogP) is 3.70. The molecule has 1 fully saturated rings. The van der Waals surface area contributed by atoms with Gasteiger partial charge in [0, 0.05) is 44.6 Å². The number of carbonyl (C=O) groups excluding carboxylic acids is 1. The Bertz CT molecular complexity index is 1390. The molecule has 4 heterocycles. The van der Waals surface area contributed by atoms with E-state index in [1.165, 1.54) is 0 Å². The van der Waals surface area contributed by atoms with Crippen LogP contribution in [-0.2, 0) is 24.1 Å². The van der Waals surface area contributed by atoms with Crippen molar-refractivity contribution in [2.45, 2.75) is 32.2 Å². The summed E-state index contributed by atoms with van der Waals surface area (Å²) in [5, 5.41) is 3.55. The molecule has 0 bridgehead atoms. The molecule has 5 rings (SSSR count). The van der Waals surface area contributed by atoms with Crippen LogP contribution >= 0.6 is 11.3 Å². The number of halogens is 3. The quantitative estimate of drug-likeness (QED) is 0.408. The normalized spacial score (nSPS) is 16.8. The van der Waals surface area contributed by atoms with Crippen LogP contribution in [0.2, 0.25) is 0 Å². The second-order valence-electron chi connectivity index (χ2n) is 9.43. The molecule has 0 unspecified atom stereocenters. The van der Waals surface area contributed by atoms with Crippen molar-refractivity contribution in [1.29, 1.82) is 0 Å². The van der Waals surface area contributed by atoms with E-state index in [9.17, 15) is 18.0 Å². The second-order valence-corrected chi connectivity index (χ2v) is 10.4. The summed E-state index contributed by atoms with van der Waals surface area (Å²) in [5.41, 5.74) is 2.63. The minimum Gasteiger partial charge on any atom is -0.358 e. The van der Waals surface area contributed by atoms with E-state index in [2.05, 4.69) is 20.1 Å². The molecule has 0 spiro atoms. The molecule has 1 atom stereocenters. The van der Waals surface area contributed by atoms with Crippen molar-refractivity contribution in [2.75, 3.05) is 38.6 Å². The lowest BCUT2D eigenvalue weighted by molar-refractivity contribution is -0.137. The molecule has 37 heavy (non-hydrogen) atoms. The Hall–Kier alpha value is -3.45. The highest BCUT2D eigenvalue weighted by molar-refractivity contribution is 7.16. The van der Waals surface area contributed by atoms with E-state index in [4.69, 9.17) is 0 Å². The standard InChI is InChI=1S/C24H27F3N8OS/c1-15-12-33(9-10-35(15)19(36)14-34-8-4-7-28-34)22-20(31-23(37-22)24(25,26)27)21-29-17-6-5-16(13-32(2)3)11-18(17)30-21/h4-8,11,15H,9-10,12-14H2,1-3H3,(H,29,30)/t15-/m1/s1. The van der Waals surface area contributed by atoms with Gasteiger partial charge in [-0.15, -0.1) is 0 Å². The number of aromatic amines is 1. The van der Waals surface area contributed by atoms with Crippen LogP contribution in [-0.4, -0.2) is 80.2 Å². The Morgan fingerprint density at radius 2 is 2.05 bits per heavy atom. The topological polar surface area (TPSA) is 86.2 Å². The summed E-state index contributed by atoms with van der Waals surface area (Å²) >= 11 is 0.610. The number of carbonyl (C=O) groups is 1. The number of aromatic nitrogens is 5. The summed E-state index contributed by atoms with van der Waals surface area (Å²) in [7, 11) is 3.93. The van der Waals surface area contributed by atoms with Crippen molar-refractivity contribution in [3.05, 3.63) is 47.2 Å². The number of nitrogens with one attached hydrogen (secondary N) is 1. The third-order valence-electron chi connectivity index (χ3n) is 6.21. The number of amides is 1. The molecule has 4 aromatic rings. The van der Waals surface area contributed by atoms with E-state index in [0.717, 1.165) is 17.6 Å². The number of hydrogen-bond donors (Lipinski definition) is 1. The molecule has 0 radical (unpaired) electrons. The molecule has 0 saturated carbocycles. The number of fused-ring (bicyclic) bond motifs is 1. The van der Waals surface area contributed by atoms with Gasteiger partial charge in [-0.25, -0.2) is 9.97 Å². The number of imidazole rings is 1. The number of anilines is 1. The summed E-state index contributed by atoms with van der Waals surface area (Å²) in [6, 6.07) is 7.31. The largest absolute Gasteiger partial charge is 0.443 e. The van der Waals surface area contributed by atoms with Crippen molar-refractivity contribution in [3.8, 4) is 11.5 Å². The number of hydrogen-bond acceptors (Lipinski definition) is 7. The van der Waals surface area contributed by atoms with Crippen molar-refractivity contribution in [2.24, 2.45) is 0 Å². The molecule has 1 aliphatic rings. The Morgan fingerprint density at radius 1 is 1.24 bits per heavy atom. The van der Waals surface area contributed by atoms with Gasteiger partial charge in [-0.1, -0.05) is 17.4 Å². The van der Waals surface area contributed by atoms with Gasteiger partial charge >= 0.3 is 6.18 Å². The molecule has 9 nitrogen and oxygen atoms in total. The third kappa shape index (κ3) is 5.32. The molecule has 1 amide bonds. The maximum atomic E-state index is 13.7. The van der Waals surface area contributed by atoms with Crippen LogP contribution in [0.4, 0.5) is 18.2 Å². The lowest BCUT2D eigenvalue weighted by atomic mass is 10.2. The van der Waals surface area contributed by atoms with Gasteiger partial charge in [0.2, 0.25) is 10.9 Å². The maximum Gasteiger partial charge on any atom is 0.443 e. The van der Waals surface area contributed by atoms with E-state index < -0.39 is 11.2 Å². The Kier molecular flexibility index (Phi) is 6.67. The highest BCUT2D eigenvalue weighted by atomic mass is 32.1. The highest BCUT2D eigenvalue weighted by Crippen LogP contribution is 2.42. The highest BCUT2D eigenvalue weighted by Gasteiger charge is 2.39. The average Bonchev–Trinajstić information content (AvgIpc) is 3.57. The van der Waals surface area contributed by atoms with Crippen molar-refractivity contribution >= 4 is 33.3 Å². The maximum absolute atomic E-state index is 13.7. The number of alkyl halides is 3. The predicted molar refractivity (Wildman–Crippen MR) is 135 cm³/mol. The fourth-order valence-corrected chi connectivity index (χ4v) is 5.54. The Labute approximate surface area is 215 Å². The van der Waals surface area contributed by atoms with Gasteiger partial charge in [-0.2, -0.15) is 18.3 Å². The van der Waals surface area contributed by atoms with Crippen molar-refractivity contribution < 1.29 is 18.0 Å². The summed E-state index contributed by atoms with van der Waals surface area (Å²) in [6.07, 6.45) is -1.24. The lowest BCUT2D eigenvalue weighted by Gasteiger charge is -2.40. The monoisotopic (exact) mass is 532 g/mol. The smallest absolute Gasteiger partial charge is 0.358 e. The van der Waals surface area contributed by atoms with E-state index >= 15 is 0 Å². The zero-order chi connectivity index (χ0) is 26.3. The Balaban J connectivity index is 1.43. The van der Waals surface area contributed by atoms with Crippen LogP contribution in [0.5, 0.6) is 0 Å². The van der Waals surface area contributed by atoms with Crippen LogP contribution in [0.15, 0.2) is 36.7 Å². The SMILES string of the molecule is C[C@@H]1CN(c2sc(C(F)(F)F)nc2-c2nc3ccc(CN(C)C)cc3[nH]2)CCN1C(=O)Cn1cccn1. The number of thiazole rings is 1. The number of nitrogens with zero attached hydrogens (tertiary/aromatic N) is 7. The minimum absolute atomic E-state index is 0.0813. The number of piperazine rings is 1. The third-order valence-corrected chi connectivity index (χ3v) is 7.37. The molecular formula is C24H27F3N8OS. The zero-order valence-electron chi connectivity index (χ0n) is 20.7. The molecular weight excluding hydrogens is 505 g/mol. The first-order valence-corrected chi connectivity index (χ1v) is 12.6. The number of H-pyrrole nitrogens is 1. The van der Waals surface area contributed by atoms with E-state index in [-0.39, 0.29) is 24.2 Å². The van der Waals surface area contributed by atoms with E-state index in [1.54, 1.807) is 28.0 Å². The Morgan fingerprint density at radius 3 is 2.73 bits per heavy atom. The minimum atomic E-state index is -4.57. The summed E-state index contributed by atoms with van der Waals surface area (Å²) in [5.74, 6) is 0.214. The van der Waals surface area contributed by atoms with Gasteiger partial charge in [0.15, 0.2) is 5.82 Å². The lowest BCUT2D eigenvalue weighted by Crippen LogP contribution is -2.54. The van der Waals surface area contributed by atoms with Crippen molar-refractivity contribution in [1.82, 2.24) is 34.5 Å². The summed E-state index contributed by atoms with van der Waals surface area (Å²) in [4.78, 5) is 30.2. The van der Waals surface area contributed by atoms with Gasteiger partial charge in [-0.05, 0) is 44.8 Å². The molecule has 0 aliphatic carbocycles. The number of benzene rings is 1. The first-order chi connectivity index (χ1) is 17.6.